The minimum absolute atomic E-state index is 0.176. The number of amides is 1. The largest absolute Gasteiger partial charge is 0.497 e. The maximum atomic E-state index is 12.4. The molecule has 1 aliphatic rings. The predicted molar refractivity (Wildman–Crippen MR) is 108 cm³/mol. The Morgan fingerprint density at radius 3 is 2.78 bits per heavy atom. The van der Waals surface area contributed by atoms with E-state index in [9.17, 15) is 4.79 Å². The van der Waals surface area contributed by atoms with Crippen LogP contribution in [0.1, 0.15) is 48.2 Å². The van der Waals surface area contributed by atoms with Gasteiger partial charge in [-0.1, -0.05) is 23.8 Å². The van der Waals surface area contributed by atoms with Gasteiger partial charge < -0.3 is 15.4 Å². The summed E-state index contributed by atoms with van der Waals surface area (Å²) in [7, 11) is 1.63. The molecule has 0 aliphatic heterocycles. The average molecular weight is 365 g/mol. The first kappa shape index (κ1) is 19.0. The summed E-state index contributed by atoms with van der Waals surface area (Å²) in [5, 5.41) is 6.31. The molecule has 0 saturated carbocycles. The summed E-state index contributed by atoms with van der Waals surface area (Å²) in [5.41, 5.74) is 3.90. The highest BCUT2D eigenvalue weighted by Gasteiger charge is 2.08. The molecule has 0 radical (unpaired) electrons. The summed E-state index contributed by atoms with van der Waals surface area (Å²) in [4.78, 5) is 16.6. The second-order valence-corrected chi connectivity index (χ2v) is 6.75. The van der Waals surface area contributed by atoms with Crippen molar-refractivity contribution in [2.75, 3.05) is 19.0 Å². The molecule has 2 N–H and O–H groups in total. The van der Waals surface area contributed by atoms with Crippen molar-refractivity contribution in [3.05, 3.63) is 65.5 Å². The molecule has 1 amide bonds. The van der Waals surface area contributed by atoms with Gasteiger partial charge in [0.25, 0.3) is 5.91 Å². The van der Waals surface area contributed by atoms with Crippen LogP contribution in [0, 0.1) is 0 Å². The van der Waals surface area contributed by atoms with E-state index in [1.807, 2.05) is 30.3 Å². The lowest BCUT2D eigenvalue weighted by molar-refractivity contribution is 0.0946. The van der Waals surface area contributed by atoms with E-state index in [4.69, 9.17) is 4.74 Å². The Morgan fingerprint density at radius 2 is 2.04 bits per heavy atom. The van der Waals surface area contributed by atoms with E-state index in [1.165, 1.54) is 25.7 Å². The van der Waals surface area contributed by atoms with Crippen LogP contribution >= 0.6 is 0 Å². The van der Waals surface area contributed by atoms with Gasteiger partial charge in [0.05, 0.1) is 7.11 Å². The van der Waals surface area contributed by atoms with Crippen molar-refractivity contribution in [3.63, 3.8) is 0 Å². The van der Waals surface area contributed by atoms with Gasteiger partial charge in [-0.15, -0.1) is 0 Å². The lowest BCUT2D eigenvalue weighted by Gasteiger charge is -2.13. The SMILES string of the molecule is COc1ccc(CNC(=O)c2cc(NCCC3=CCCCC3)ccn2)cc1. The van der Waals surface area contributed by atoms with Gasteiger partial charge in [-0.3, -0.25) is 9.78 Å². The fourth-order valence-corrected chi connectivity index (χ4v) is 3.18. The summed E-state index contributed by atoms with van der Waals surface area (Å²) < 4.78 is 5.14. The first-order valence-electron chi connectivity index (χ1n) is 9.53. The minimum Gasteiger partial charge on any atom is -0.497 e. The Kier molecular flexibility index (Phi) is 6.85. The van der Waals surface area contributed by atoms with Gasteiger partial charge in [-0.25, -0.2) is 0 Å². The van der Waals surface area contributed by atoms with Crippen molar-refractivity contribution in [3.8, 4) is 5.75 Å². The molecule has 142 valence electrons. The highest BCUT2D eigenvalue weighted by molar-refractivity contribution is 5.93. The van der Waals surface area contributed by atoms with Crippen molar-refractivity contribution in [2.45, 2.75) is 38.6 Å². The van der Waals surface area contributed by atoms with Gasteiger partial charge in [0.2, 0.25) is 0 Å². The summed E-state index contributed by atoms with van der Waals surface area (Å²) >= 11 is 0. The summed E-state index contributed by atoms with van der Waals surface area (Å²) in [6.07, 6.45) is 10.2. The topological polar surface area (TPSA) is 63.2 Å². The number of nitrogens with one attached hydrogen (secondary N) is 2. The van der Waals surface area contributed by atoms with Crippen LogP contribution in [0.5, 0.6) is 5.75 Å². The minimum atomic E-state index is -0.176. The van der Waals surface area contributed by atoms with Gasteiger partial charge in [-0.05, 0) is 61.9 Å². The third kappa shape index (κ3) is 5.84. The quantitative estimate of drug-likeness (QED) is 0.684. The number of ether oxygens (including phenoxy) is 1. The predicted octanol–water partition coefficient (Wildman–Crippen LogP) is 4.32. The van der Waals surface area contributed by atoms with Crippen molar-refractivity contribution < 1.29 is 9.53 Å². The van der Waals surface area contributed by atoms with Crippen molar-refractivity contribution >= 4 is 11.6 Å². The molecule has 3 rings (SSSR count). The Bertz CT molecular complexity index is 784. The Hall–Kier alpha value is -2.82. The molecule has 0 fully saturated rings. The normalized spacial score (nSPS) is 13.6. The summed E-state index contributed by atoms with van der Waals surface area (Å²) in [6, 6.07) is 11.3. The standard InChI is InChI=1S/C22H27N3O2/c1-27-20-9-7-18(8-10-20)16-25-22(26)21-15-19(12-14-24-21)23-13-11-17-5-3-2-4-6-17/h5,7-10,12,14-15H,2-4,6,11,13,16H2,1H3,(H,23,24)(H,25,26). The second-order valence-electron chi connectivity index (χ2n) is 6.75. The Morgan fingerprint density at radius 1 is 1.19 bits per heavy atom. The van der Waals surface area contributed by atoms with Crippen LogP contribution in [0.4, 0.5) is 5.69 Å². The molecule has 0 saturated heterocycles. The van der Waals surface area contributed by atoms with Gasteiger partial charge in [0, 0.05) is 25.0 Å². The number of hydrogen-bond donors (Lipinski definition) is 2. The number of benzene rings is 1. The first-order chi connectivity index (χ1) is 13.2. The molecule has 0 atom stereocenters. The van der Waals surface area contributed by atoms with E-state index in [1.54, 1.807) is 24.9 Å². The number of pyridine rings is 1. The van der Waals surface area contributed by atoms with Gasteiger partial charge in [0.1, 0.15) is 11.4 Å². The molecule has 5 nitrogen and oxygen atoms in total. The number of carbonyl (C=O) groups excluding carboxylic acids is 1. The molecule has 0 bridgehead atoms. The van der Waals surface area contributed by atoms with Crippen LogP contribution in [-0.4, -0.2) is 24.5 Å². The van der Waals surface area contributed by atoms with E-state index in [2.05, 4.69) is 21.7 Å². The molecule has 27 heavy (non-hydrogen) atoms. The Labute approximate surface area is 160 Å². The Balaban J connectivity index is 1.49. The molecule has 1 aromatic heterocycles. The highest BCUT2D eigenvalue weighted by atomic mass is 16.5. The van der Waals surface area contributed by atoms with Gasteiger partial charge in [-0.2, -0.15) is 0 Å². The van der Waals surface area contributed by atoms with Gasteiger partial charge in [0.15, 0.2) is 0 Å². The van der Waals surface area contributed by atoms with Crippen molar-refractivity contribution in [2.24, 2.45) is 0 Å². The third-order valence-corrected chi connectivity index (χ3v) is 4.76. The fraction of sp³-hybridized carbons (Fsp3) is 0.364. The van der Waals surface area contributed by atoms with Crippen LogP contribution in [-0.2, 0) is 6.54 Å². The number of rotatable bonds is 8. The monoisotopic (exact) mass is 365 g/mol. The van der Waals surface area contributed by atoms with Crippen LogP contribution in [0.25, 0.3) is 0 Å². The zero-order valence-electron chi connectivity index (χ0n) is 15.8. The van der Waals surface area contributed by atoms with E-state index < -0.39 is 0 Å². The molecular weight excluding hydrogens is 338 g/mol. The van der Waals surface area contributed by atoms with Crippen LogP contribution < -0.4 is 15.4 Å². The van der Waals surface area contributed by atoms with Gasteiger partial charge >= 0.3 is 0 Å². The molecule has 5 heteroatoms. The molecule has 1 heterocycles. The number of hydrogen-bond acceptors (Lipinski definition) is 4. The molecule has 1 aromatic carbocycles. The van der Waals surface area contributed by atoms with E-state index >= 15 is 0 Å². The molecule has 0 spiro atoms. The molecular formula is C22H27N3O2. The fourth-order valence-electron chi connectivity index (χ4n) is 3.18. The maximum absolute atomic E-state index is 12.4. The van der Waals surface area contributed by atoms with Crippen LogP contribution in [0.15, 0.2) is 54.2 Å². The van der Waals surface area contributed by atoms with Crippen LogP contribution in [0.3, 0.4) is 0 Å². The molecule has 1 aliphatic carbocycles. The van der Waals surface area contributed by atoms with E-state index in [0.29, 0.717) is 12.2 Å². The number of methoxy groups -OCH3 is 1. The third-order valence-electron chi connectivity index (χ3n) is 4.76. The van der Waals surface area contributed by atoms with Crippen molar-refractivity contribution in [1.29, 1.82) is 0 Å². The first-order valence-corrected chi connectivity index (χ1v) is 9.53. The number of carbonyl (C=O) groups is 1. The number of anilines is 1. The van der Waals surface area contributed by atoms with Crippen molar-refractivity contribution in [1.82, 2.24) is 10.3 Å². The zero-order chi connectivity index (χ0) is 18.9. The smallest absolute Gasteiger partial charge is 0.270 e. The number of nitrogens with zero attached hydrogens (tertiary/aromatic N) is 1. The summed E-state index contributed by atoms with van der Waals surface area (Å²) in [6.45, 7) is 1.33. The maximum Gasteiger partial charge on any atom is 0.270 e. The van der Waals surface area contributed by atoms with E-state index in [0.717, 1.165) is 30.0 Å². The van der Waals surface area contributed by atoms with E-state index in [-0.39, 0.29) is 5.91 Å². The molecule has 2 aromatic rings. The number of allylic oxidation sites excluding steroid dienone is 1. The summed E-state index contributed by atoms with van der Waals surface area (Å²) in [5.74, 6) is 0.624. The van der Waals surface area contributed by atoms with Crippen LogP contribution in [0.2, 0.25) is 0 Å². The molecule has 0 unspecified atom stereocenters. The second kappa shape index (κ2) is 9.76. The highest BCUT2D eigenvalue weighted by Crippen LogP contribution is 2.20. The average Bonchev–Trinajstić information content (AvgIpc) is 2.73. The lowest BCUT2D eigenvalue weighted by Crippen LogP contribution is -2.23. The lowest BCUT2D eigenvalue weighted by atomic mass is 9.97. The zero-order valence-corrected chi connectivity index (χ0v) is 15.8. The number of aromatic nitrogens is 1.